The minimum absolute atomic E-state index is 0.685. The molecule has 0 amide bonds. The average Bonchev–Trinajstić information content (AvgIpc) is 2.89. The Morgan fingerprint density at radius 3 is 2.83 bits per heavy atom. The first-order valence-electron chi connectivity index (χ1n) is 8.55. The van der Waals surface area contributed by atoms with E-state index in [0.717, 1.165) is 18.4 Å². The number of benzene rings is 1. The normalized spacial score (nSPS) is 21.5. The number of piperidine rings is 1. The van der Waals surface area contributed by atoms with Gasteiger partial charge in [-0.05, 0) is 73.8 Å². The summed E-state index contributed by atoms with van der Waals surface area (Å²) < 4.78 is 4.36. The lowest BCUT2D eigenvalue weighted by atomic mass is 10.0. The van der Waals surface area contributed by atoms with E-state index >= 15 is 0 Å². The Kier molecular flexibility index (Phi) is 4.92. The molecule has 1 aromatic heterocycles. The van der Waals surface area contributed by atoms with Crippen LogP contribution in [0.4, 0.5) is 0 Å². The van der Waals surface area contributed by atoms with Gasteiger partial charge in [0, 0.05) is 0 Å². The van der Waals surface area contributed by atoms with Crippen LogP contribution >= 0.6 is 12.2 Å². The van der Waals surface area contributed by atoms with Crippen molar-refractivity contribution in [2.45, 2.75) is 59.2 Å². The van der Waals surface area contributed by atoms with E-state index in [-0.39, 0.29) is 0 Å². The summed E-state index contributed by atoms with van der Waals surface area (Å²) in [5.41, 5.74) is 3.44. The third-order valence-electron chi connectivity index (χ3n) is 4.94. The number of nitrogens with zero attached hydrogens (tertiary/aromatic N) is 4. The van der Waals surface area contributed by atoms with Gasteiger partial charge in [-0.3, -0.25) is 0 Å². The van der Waals surface area contributed by atoms with Crippen molar-refractivity contribution < 1.29 is 4.90 Å². The molecule has 23 heavy (non-hydrogen) atoms. The van der Waals surface area contributed by atoms with Gasteiger partial charge in [-0.2, -0.15) is 9.36 Å². The average molecular weight is 332 g/mol. The quantitative estimate of drug-likeness (QED) is 0.873. The zero-order valence-electron chi connectivity index (χ0n) is 14.2. The van der Waals surface area contributed by atoms with Crippen LogP contribution in [0.5, 0.6) is 0 Å². The lowest BCUT2D eigenvalue weighted by Gasteiger charge is -2.31. The van der Waals surface area contributed by atoms with Crippen LogP contribution < -0.4 is 4.90 Å². The standard InChI is InChI=1S/C17H25N5S/c1-4-15-7-5-6-10-20(15)12-21-17(23)22(19-18-21)16-9-8-13(2)11-14(16)3/h8-9,11,15H,4-7,10,12H2,1-3H3/p+1/t15-/m1/s1. The third-order valence-corrected chi connectivity index (χ3v) is 5.33. The molecule has 1 aromatic carbocycles. The molecule has 0 radical (unpaired) electrons. The highest BCUT2D eigenvalue weighted by Crippen LogP contribution is 2.15. The molecule has 2 heterocycles. The fourth-order valence-corrected chi connectivity index (χ4v) is 3.85. The number of hydrogen-bond donors (Lipinski definition) is 1. The van der Waals surface area contributed by atoms with Crippen molar-refractivity contribution in [2.75, 3.05) is 6.54 Å². The van der Waals surface area contributed by atoms with E-state index in [2.05, 4.69) is 49.4 Å². The van der Waals surface area contributed by atoms with E-state index in [1.54, 1.807) is 9.58 Å². The highest BCUT2D eigenvalue weighted by molar-refractivity contribution is 7.71. The van der Waals surface area contributed by atoms with Gasteiger partial charge in [0.05, 0.1) is 18.3 Å². The fourth-order valence-electron chi connectivity index (χ4n) is 3.61. The number of aryl methyl sites for hydroxylation is 2. The van der Waals surface area contributed by atoms with Gasteiger partial charge in [0.25, 0.3) is 0 Å². The second kappa shape index (κ2) is 6.93. The number of rotatable bonds is 4. The summed E-state index contributed by atoms with van der Waals surface area (Å²) in [6.07, 6.45) is 5.17. The molecule has 5 nitrogen and oxygen atoms in total. The molecular formula is C17H26N5S+. The molecule has 6 heteroatoms. The number of hydrogen-bond acceptors (Lipinski definition) is 3. The highest BCUT2D eigenvalue weighted by Gasteiger charge is 2.25. The van der Waals surface area contributed by atoms with Crippen LogP contribution in [-0.4, -0.2) is 32.4 Å². The van der Waals surface area contributed by atoms with Crippen LogP contribution in [0.3, 0.4) is 0 Å². The van der Waals surface area contributed by atoms with Crippen LogP contribution in [-0.2, 0) is 6.67 Å². The van der Waals surface area contributed by atoms with Gasteiger partial charge in [-0.25, -0.2) is 0 Å². The maximum absolute atomic E-state index is 5.63. The van der Waals surface area contributed by atoms with E-state index in [4.69, 9.17) is 12.2 Å². The smallest absolute Gasteiger partial charge is 0.225 e. The Morgan fingerprint density at radius 1 is 1.26 bits per heavy atom. The molecular weight excluding hydrogens is 306 g/mol. The van der Waals surface area contributed by atoms with Gasteiger partial charge in [0.2, 0.25) is 4.77 Å². The van der Waals surface area contributed by atoms with Gasteiger partial charge in [-0.15, -0.1) is 0 Å². The van der Waals surface area contributed by atoms with Gasteiger partial charge >= 0.3 is 0 Å². The summed E-state index contributed by atoms with van der Waals surface area (Å²) in [7, 11) is 0. The zero-order chi connectivity index (χ0) is 16.4. The Morgan fingerprint density at radius 2 is 2.09 bits per heavy atom. The number of likely N-dealkylation sites (tertiary alicyclic amines) is 1. The minimum Gasteiger partial charge on any atom is -0.314 e. The van der Waals surface area contributed by atoms with Crippen molar-refractivity contribution in [3.63, 3.8) is 0 Å². The molecule has 0 saturated carbocycles. The summed E-state index contributed by atoms with van der Waals surface area (Å²) in [5, 5.41) is 8.63. The molecule has 2 atom stereocenters. The minimum atomic E-state index is 0.685. The molecule has 0 spiro atoms. The predicted molar refractivity (Wildman–Crippen MR) is 93.4 cm³/mol. The first-order valence-corrected chi connectivity index (χ1v) is 8.96. The van der Waals surface area contributed by atoms with Crippen LogP contribution in [0, 0.1) is 18.6 Å². The van der Waals surface area contributed by atoms with E-state index in [1.807, 2.05) is 4.68 Å². The predicted octanol–water partition coefficient (Wildman–Crippen LogP) is 2.22. The molecule has 1 aliphatic rings. The van der Waals surface area contributed by atoms with E-state index in [9.17, 15) is 0 Å². The Labute approximate surface area is 142 Å². The molecule has 124 valence electrons. The number of quaternary nitrogens is 1. The largest absolute Gasteiger partial charge is 0.314 e. The van der Waals surface area contributed by atoms with Crippen molar-refractivity contribution in [1.29, 1.82) is 0 Å². The monoisotopic (exact) mass is 332 g/mol. The molecule has 0 aliphatic carbocycles. The van der Waals surface area contributed by atoms with Crippen LogP contribution in [0.15, 0.2) is 18.2 Å². The molecule has 3 rings (SSSR count). The van der Waals surface area contributed by atoms with Gasteiger partial charge < -0.3 is 4.90 Å². The first-order chi connectivity index (χ1) is 11.1. The van der Waals surface area contributed by atoms with Crippen molar-refractivity contribution in [1.82, 2.24) is 19.8 Å². The van der Waals surface area contributed by atoms with E-state index < -0.39 is 0 Å². The van der Waals surface area contributed by atoms with Crippen molar-refractivity contribution >= 4 is 12.2 Å². The second-order valence-corrected chi connectivity index (χ2v) is 7.00. The van der Waals surface area contributed by atoms with E-state index in [0.29, 0.717) is 4.77 Å². The van der Waals surface area contributed by atoms with Crippen molar-refractivity contribution in [3.8, 4) is 5.69 Å². The lowest BCUT2D eigenvalue weighted by Crippen LogP contribution is -3.15. The molecule has 1 unspecified atom stereocenters. The van der Waals surface area contributed by atoms with Crippen LogP contribution in [0.25, 0.3) is 5.69 Å². The van der Waals surface area contributed by atoms with Crippen molar-refractivity contribution in [2.24, 2.45) is 0 Å². The molecule has 1 N–H and O–H groups in total. The Balaban J connectivity index is 1.86. The molecule has 0 bridgehead atoms. The summed E-state index contributed by atoms with van der Waals surface area (Å²) in [4.78, 5) is 1.59. The second-order valence-electron chi connectivity index (χ2n) is 6.63. The summed E-state index contributed by atoms with van der Waals surface area (Å²) in [6.45, 7) is 8.49. The molecule has 2 aromatic rings. The summed E-state index contributed by atoms with van der Waals surface area (Å²) >= 11 is 5.63. The van der Waals surface area contributed by atoms with Crippen LogP contribution in [0.1, 0.15) is 43.7 Å². The zero-order valence-corrected chi connectivity index (χ0v) is 15.1. The van der Waals surface area contributed by atoms with Gasteiger partial charge in [0.1, 0.15) is 0 Å². The SMILES string of the molecule is CC[C@@H]1CCCC[NH+]1Cn1nnn(-c2ccc(C)cc2C)c1=S. The number of nitrogens with one attached hydrogen (secondary N) is 1. The molecule has 1 saturated heterocycles. The van der Waals surface area contributed by atoms with Gasteiger partial charge in [0.15, 0.2) is 6.67 Å². The van der Waals surface area contributed by atoms with Crippen molar-refractivity contribution in [3.05, 3.63) is 34.1 Å². The fraction of sp³-hybridized carbons (Fsp3) is 0.588. The van der Waals surface area contributed by atoms with Gasteiger partial charge in [-0.1, -0.05) is 24.6 Å². The number of aromatic nitrogens is 4. The molecule has 1 fully saturated rings. The summed E-state index contributed by atoms with van der Waals surface area (Å²) in [6, 6.07) is 7.03. The lowest BCUT2D eigenvalue weighted by molar-refractivity contribution is -0.953. The van der Waals surface area contributed by atoms with Crippen LogP contribution in [0.2, 0.25) is 0 Å². The topological polar surface area (TPSA) is 40.1 Å². The highest BCUT2D eigenvalue weighted by atomic mass is 32.1. The Hall–Kier alpha value is -1.53. The van der Waals surface area contributed by atoms with E-state index in [1.165, 1.54) is 43.4 Å². The number of tetrazole rings is 1. The molecule has 1 aliphatic heterocycles. The maximum Gasteiger partial charge on any atom is 0.225 e. The summed E-state index contributed by atoms with van der Waals surface area (Å²) in [5.74, 6) is 0. The Bertz CT molecular complexity index is 733. The first kappa shape index (κ1) is 16.3. The maximum atomic E-state index is 5.63. The third kappa shape index (κ3) is 3.38.